The lowest BCUT2D eigenvalue weighted by atomic mass is 9.94. The molecule has 1 N–H and O–H groups in total. The number of halogens is 3. The molecule has 0 fully saturated rings. The number of benzene rings is 1. The van der Waals surface area contributed by atoms with Gasteiger partial charge in [-0.2, -0.15) is 5.26 Å². The average molecular weight is 388 g/mol. The molecule has 0 spiro atoms. The highest BCUT2D eigenvalue weighted by atomic mass is 35.5. The Labute approximate surface area is 159 Å². The minimum atomic E-state index is -0.681. The Kier molecular flexibility index (Phi) is 5.31. The van der Waals surface area contributed by atoms with Crippen LogP contribution in [0.15, 0.2) is 42.9 Å². The highest BCUT2D eigenvalue weighted by Crippen LogP contribution is 2.31. The SMILES string of the molecule is Cc1c(Nc2ccc(Cl)cc2F)cncc1C(C#N)c1ccnc(Cl)n1. The molecule has 1 unspecified atom stereocenters. The summed E-state index contributed by atoms with van der Waals surface area (Å²) in [5.41, 5.74) is 2.68. The molecule has 26 heavy (non-hydrogen) atoms. The second-order valence-electron chi connectivity index (χ2n) is 5.46. The van der Waals surface area contributed by atoms with Gasteiger partial charge < -0.3 is 5.32 Å². The summed E-state index contributed by atoms with van der Waals surface area (Å²) in [5.74, 6) is -1.17. The minimum absolute atomic E-state index is 0.0610. The van der Waals surface area contributed by atoms with Crippen molar-refractivity contribution in [2.45, 2.75) is 12.8 Å². The second-order valence-corrected chi connectivity index (χ2v) is 6.24. The van der Waals surface area contributed by atoms with Gasteiger partial charge in [-0.25, -0.2) is 14.4 Å². The zero-order chi connectivity index (χ0) is 18.7. The Bertz CT molecular complexity index is 1000. The smallest absolute Gasteiger partial charge is 0.222 e. The van der Waals surface area contributed by atoms with Crippen LogP contribution in [0.25, 0.3) is 0 Å². The van der Waals surface area contributed by atoms with Crippen molar-refractivity contribution in [3.05, 3.63) is 75.8 Å². The molecular weight excluding hydrogens is 376 g/mol. The lowest BCUT2D eigenvalue weighted by Crippen LogP contribution is -2.07. The quantitative estimate of drug-likeness (QED) is 0.635. The van der Waals surface area contributed by atoms with E-state index in [1.54, 1.807) is 24.5 Å². The molecular formula is C18H12Cl2FN5. The van der Waals surface area contributed by atoms with E-state index in [9.17, 15) is 9.65 Å². The number of nitrogens with one attached hydrogen (secondary N) is 1. The molecule has 8 heteroatoms. The van der Waals surface area contributed by atoms with Crippen molar-refractivity contribution in [2.75, 3.05) is 5.32 Å². The van der Waals surface area contributed by atoms with E-state index in [-0.39, 0.29) is 11.0 Å². The number of pyridine rings is 1. The number of anilines is 2. The van der Waals surface area contributed by atoms with Crippen molar-refractivity contribution in [3.63, 3.8) is 0 Å². The zero-order valence-electron chi connectivity index (χ0n) is 13.5. The van der Waals surface area contributed by atoms with E-state index in [2.05, 4.69) is 26.3 Å². The van der Waals surface area contributed by atoms with Crippen LogP contribution in [0, 0.1) is 24.1 Å². The first-order chi connectivity index (χ1) is 12.5. The van der Waals surface area contributed by atoms with Crippen LogP contribution >= 0.6 is 23.2 Å². The molecule has 3 rings (SSSR count). The number of aromatic nitrogens is 3. The van der Waals surface area contributed by atoms with Gasteiger partial charge in [0.2, 0.25) is 5.28 Å². The van der Waals surface area contributed by atoms with Gasteiger partial charge >= 0.3 is 0 Å². The van der Waals surface area contributed by atoms with Crippen LogP contribution in [0.5, 0.6) is 0 Å². The van der Waals surface area contributed by atoms with Gasteiger partial charge in [0, 0.05) is 17.4 Å². The van der Waals surface area contributed by atoms with Crippen LogP contribution in [0.2, 0.25) is 10.3 Å². The summed E-state index contributed by atoms with van der Waals surface area (Å²) in [6, 6.07) is 8.17. The summed E-state index contributed by atoms with van der Waals surface area (Å²) in [6.45, 7) is 1.82. The lowest BCUT2D eigenvalue weighted by molar-refractivity contribution is 0.632. The van der Waals surface area contributed by atoms with Gasteiger partial charge in [0.15, 0.2) is 0 Å². The van der Waals surface area contributed by atoms with E-state index in [4.69, 9.17) is 23.2 Å². The molecule has 130 valence electrons. The highest BCUT2D eigenvalue weighted by molar-refractivity contribution is 6.30. The predicted octanol–water partition coefficient (Wildman–Crippen LogP) is 5.03. The average Bonchev–Trinajstić information content (AvgIpc) is 2.61. The van der Waals surface area contributed by atoms with E-state index < -0.39 is 11.7 Å². The Morgan fingerprint density at radius 1 is 1.19 bits per heavy atom. The predicted molar refractivity (Wildman–Crippen MR) is 98.2 cm³/mol. The fourth-order valence-electron chi connectivity index (χ4n) is 2.50. The molecule has 0 amide bonds. The van der Waals surface area contributed by atoms with E-state index in [1.165, 1.54) is 18.3 Å². The van der Waals surface area contributed by atoms with Crippen molar-refractivity contribution in [1.29, 1.82) is 5.26 Å². The van der Waals surface area contributed by atoms with Crippen molar-refractivity contribution >= 4 is 34.6 Å². The largest absolute Gasteiger partial charge is 0.352 e. The number of hydrogen-bond donors (Lipinski definition) is 1. The van der Waals surface area contributed by atoms with Crippen molar-refractivity contribution in [2.24, 2.45) is 0 Å². The Hall–Kier alpha value is -2.75. The van der Waals surface area contributed by atoms with Crippen LogP contribution < -0.4 is 5.32 Å². The topological polar surface area (TPSA) is 74.5 Å². The normalized spacial score (nSPS) is 11.7. The van der Waals surface area contributed by atoms with Crippen molar-refractivity contribution in [3.8, 4) is 6.07 Å². The van der Waals surface area contributed by atoms with Crippen LogP contribution in [-0.2, 0) is 0 Å². The molecule has 5 nitrogen and oxygen atoms in total. The third-order valence-corrected chi connectivity index (χ3v) is 4.26. The molecule has 2 aromatic heterocycles. The monoisotopic (exact) mass is 387 g/mol. The molecule has 0 saturated heterocycles. The number of hydrogen-bond acceptors (Lipinski definition) is 5. The van der Waals surface area contributed by atoms with Gasteiger partial charge in [-0.1, -0.05) is 11.6 Å². The molecule has 0 bridgehead atoms. The summed E-state index contributed by atoms with van der Waals surface area (Å²) < 4.78 is 14.1. The maximum Gasteiger partial charge on any atom is 0.222 e. The standard InChI is InChI=1S/C18H12Cl2FN5/c1-10-13(12(7-22)15-4-5-24-18(20)26-15)8-23-9-17(10)25-16-3-2-11(19)6-14(16)21/h2-6,8-9,12,25H,1H3. The molecule has 1 atom stereocenters. The van der Waals surface area contributed by atoms with Crippen LogP contribution in [0.1, 0.15) is 22.7 Å². The van der Waals surface area contributed by atoms with E-state index in [0.717, 1.165) is 5.56 Å². The molecule has 0 aliphatic heterocycles. The number of nitriles is 1. The first kappa shape index (κ1) is 18.1. The van der Waals surface area contributed by atoms with Gasteiger partial charge in [-0.05, 0) is 53.9 Å². The molecule has 1 aromatic carbocycles. The summed E-state index contributed by atoms with van der Waals surface area (Å²) >= 11 is 11.6. The fourth-order valence-corrected chi connectivity index (χ4v) is 2.81. The van der Waals surface area contributed by atoms with E-state index >= 15 is 0 Å². The van der Waals surface area contributed by atoms with Crippen LogP contribution in [0.3, 0.4) is 0 Å². The van der Waals surface area contributed by atoms with Crippen molar-refractivity contribution in [1.82, 2.24) is 15.0 Å². The van der Waals surface area contributed by atoms with E-state index in [0.29, 0.717) is 22.0 Å². The van der Waals surface area contributed by atoms with Crippen LogP contribution in [-0.4, -0.2) is 15.0 Å². The first-order valence-electron chi connectivity index (χ1n) is 7.54. The van der Waals surface area contributed by atoms with Crippen molar-refractivity contribution < 1.29 is 4.39 Å². The minimum Gasteiger partial charge on any atom is -0.352 e. The fraction of sp³-hybridized carbons (Fsp3) is 0.111. The molecule has 0 aliphatic rings. The lowest BCUT2D eigenvalue weighted by Gasteiger charge is -2.16. The van der Waals surface area contributed by atoms with Gasteiger partial charge in [0.25, 0.3) is 0 Å². The van der Waals surface area contributed by atoms with Gasteiger partial charge in [-0.15, -0.1) is 0 Å². The molecule has 3 aromatic rings. The molecule has 2 heterocycles. The maximum absolute atomic E-state index is 14.1. The van der Waals surface area contributed by atoms with Gasteiger partial charge in [0.05, 0.1) is 29.3 Å². The third-order valence-electron chi connectivity index (χ3n) is 3.84. The first-order valence-corrected chi connectivity index (χ1v) is 8.30. The molecule has 0 saturated carbocycles. The van der Waals surface area contributed by atoms with Gasteiger partial charge in [0.1, 0.15) is 11.7 Å². The number of rotatable bonds is 4. The summed E-state index contributed by atoms with van der Waals surface area (Å²) in [7, 11) is 0. The number of nitrogens with zero attached hydrogens (tertiary/aromatic N) is 4. The third kappa shape index (κ3) is 3.74. The molecule has 0 radical (unpaired) electrons. The summed E-state index contributed by atoms with van der Waals surface area (Å²) in [6.07, 6.45) is 4.64. The Morgan fingerprint density at radius 2 is 2.00 bits per heavy atom. The maximum atomic E-state index is 14.1. The van der Waals surface area contributed by atoms with Crippen LogP contribution in [0.4, 0.5) is 15.8 Å². The Morgan fingerprint density at radius 3 is 2.69 bits per heavy atom. The summed E-state index contributed by atoms with van der Waals surface area (Å²) in [5, 5.41) is 13.0. The Balaban J connectivity index is 2.00. The molecule has 0 aliphatic carbocycles. The van der Waals surface area contributed by atoms with Gasteiger partial charge in [-0.3, -0.25) is 4.98 Å². The van der Waals surface area contributed by atoms with E-state index in [1.807, 2.05) is 6.92 Å². The highest BCUT2D eigenvalue weighted by Gasteiger charge is 2.20. The zero-order valence-corrected chi connectivity index (χ0v) is 15.1. The second kappa shape index (κ2) is 7.65. The summed E-state index contributed by atoms with van der Waals surface area (Å²) in [4.78, 5) is 12.1.